The van der Waals surface area contributed by atoms with Crippen LogP contribution >= 0.6 is 0 Å². The highest BCUT2D eigenvalue weighted by Crippen LogP contribution is 2.33. The summed E-state index contributed by atoms with van der Waals surface area (Å²) in [6.07, 6.45) is 25.8. The van der Waals surface area contributed by atoms with E-state index in [9.17, 15) is 4.79 Å². The van der Waals surface area contributed by atoms with Gasteiger partial charge in [-0.2, -0.15) is 0 Å². The van der Waals surface area contributed by atoms with E-state index >= 15 is 0 Å². The molecule has 0 bridgehead atoms. The van der Waals surface area contributed by atoms with Crippen LogP contribution in [0.2, 0.25) is 50.9 Å². The molecule has 1 aromatic carbocycles. The second-order valence-electron chi connectivity index (χ2n) is 15.9. The van der Waals surface area contributed by atoms with Crippen LogP contribution in [0.1, 0.15) is 150 Å². The predicted molar refractivity (Wildman–Crippen MR) is 208 cm³/mol. The number of hydrogen-bond acceptors (Lipinski definition) is 5. The fourth-order valence-electron chi connectivity index (χ4n) is 7.55. The summed E-state index contributed by atoms with van der Waals surface area (Å²) >= 11 is 0. The number of rotatable bonds is 29. The minimum atomic E-state index is -2.49. The van der Waals surface area contributed by atoms with Gasteiger partial charge in [-0.3, -0.25) is 4.79 Å². The van der Waals surface area contributed by atoms with Crippen LogP contribution in [-0.2, 0) is 21.1 Å². The Kier molecular flexibility index (Phi) is 21.5. The molecule has 2 N–H and O–H groups in total. The Morgan fingerprint density at radius 3 is 1.45 bits per heavy atom. The lowest BCUT2D eigenvalue weighted by atomic mass is 9.86. The van der Waals surface area contributed by atoms with Crippen LogP contribution in [0.4, 0.5) is 0 Å². The molecule has 0 saturated carbocycles. The van der Waals surface area contributed by atoms with Gasteiger partial charge in [-0.15, -0.1) is 0 Å². The number of fused-ring (bicyclic) bond motifs is 1. The first-order valence-corrected chi connectivity index (χ1v) is 28.5. The zero-order valence-electron chi connectivity index (χ0n) is 31.4. The minimum Gasteiger partial charge on any atom is -0.436 e. The first-order chi connectivity index (χ1) is 22.5. The van der Waals surface area contributed by atoms with Gasteiger partial charge in [-0.25, -0.2) is 0 Å². The van der Waals surface area contributed by atoms with Crippen molar-refractivity contribution < 1.29 is 23.2 Å². The molecule has 0 aromatic heterocycles. The topological polar surface area (TPSA) is 76.0 Å². The fraction of sp³-hybridized carbons (Fsp3) is 0.821. The van der Waals surface area contributed by atoms with Crippen molar-refractivity contribution in [3.63, 3.8) is 0 Å². The van der Waals surface area contributed by atoms with Crippen LogP contribution in [0.15, 0.2) is 18.2 Å². The third kappa shape index (κ3) is 18.8. The van der Waals surface area contributed by atoms with Crippen molar-refractivity contribution in [3.8, 4) is 0 Å². The van der Waals surface area contributed by atoms with Crippen molar-refractivity contribution in [1.29, 1.82) is 0 Å². The molecule has 0 radical (unpaired) electrons. The van der Waals surface area contributed by atoms with Gasteiger partial charge in [0.1, 0.15) is 0 Å². The van der Waals surface area contributed by atoms with Gasteiger partial charge in [0.05, 0.1) is 0 Å². The van der Waals surface area contributed by atoms with Gasteiger partial charge in [0.15, 0.2) is 22.4 Å². The first kappa shape index (κ1) is 42.5. The molecular formula is C39H74O5Si3. The van der Waals surface area contributed by atoms with E-state index in [1.807, 2.05) is 0 Å². The molecule has 0 atom stereocenters. The van der Waals surface area contributed by atoms with Crippen molar-refractivity contribution in [3.05, 3.63) is 34.9 Å². The molecule has 272 valence electrons. The number of ketones is 1. The normalized spacial score (nSPS) is 14.1. The number of aryl methyl sites for hydroxylation is 2. The monoisotopic (exact) mass is 706 g/mol. The van der Waals surface area contributed by atoms with Crippen LogP contribution in [0.3, 0.4) is 0 Å². The molecule has 2 rings (SSSR count). The largest absolute Gasteiger partial charge is 0.436 e. The van der Waals surface area contributed by atoms with Crippen molar-refractivity contribution in [2.45, 2.75) is 192 Å². The van der Waals surface area contributed by atoms with E-state index in [0.717, 1.165) is 56.6 Å². The number of aliphatic hydroxyl groups is 2. The highest BCUT2D eigenvalue weighted by molar-refractivity contribution is 6.88. The Morgan fingerprint density at radius 2 is 1.00 bits per heavy atom. The molecule has 1 aliphatic carbocycles. The molecule has 5 nitrogen and oxygen atoms in total. The molecule has 0 unspecified atom stereocenters. The van der Waals surface area contributed by atoms with Gasteiger partial charge < -0.3 is 18.4 Å². The van der Waals surface area contributed by atoms with Crippen LogP contribution < -0.4 is 0 Å². The van der Waals surface area contributed by atoms with E-state index in [4.69, 9.17) is 18.4 Å². The van der Waals surface area contributed by atoms with E-state index in [1.165, 1.54) is 113 Å². The zero-order valence-corrected chi connectivity index (χ0v) is 34.4. The summed E-state index contributed by atoms with van der Waals surface area (Å²) in [4.78, 5) is 13.0. The Morgan fingerprint density at radius 1 is 0.574 bits per heavy atom. The second kappa shape index (κ2) is 23.7. The summed E-state index contributed by atoms with van der Waals surface area (Å²) in [5.74, 6) is 0.326. The van der Waals surface area contributed by atoms with E-state index in [-0.39, 0.29) is 0 Å². The van der Waals surface area contributed by atoms with Crippen LogP contribution in [0.5, 0.6) is 0 Å². The highest BCUT2D eigenvalue weighted by atomic mass is 28.5. The number of benzene rings is 1. The average molecular weight is 707 g/mol. The molecule has 0 amide bonds. The van der Waals surface area contributed by atoms with Gasteiger partial charge in [0.2, 0.25) is 0 Å². The number of carbonyl (C=O) groups is 1. The number of carbonyl (C=O) groups excluding carboxylic acids is 1. The molecule has 0 fully saturated rings. The number of Topliss-reactive ketones (excluding diaryl/α,β-unsaturated/α-hetero) is 1. The summed E-state index contributed by atoms with van der Waals surface area (Å²) in [7, 11) is -6.33. The van der Waals surface area contributed by atoms with E-state index in [0.29, 0.717) is 25.4 Å². The standard InChI is InChI=1S/C39H74O5Si3/c1-45(2,33-22-18-14-10-6-8-12-16-20-31-40)43-47(5,35-30-37-27-24-26-36-28-25-29-38(42)39(36)37)44-46(3,4)34-23-19-15-11-7-9-13-17-21-32-41/h24,26-27,40-41H,6-23,25,28-35H2,1-5H3. The van der Waals surface area contributed by atoms with Gasteiger partial charge >= 0.3 is 8.56 Å². The first-order valence-electron chi connectivity index (χ1n) is 19.8. The lowest BCUT2D eigenvalue weighted by Crippen LogP contribution is -2.54. The molecule has 1 aromatic rings. The molecule has 0 saturated heterocycles. The molecule has 0 heterocycles. The molecule has 8 heteroatoms. The third-order valence-corrected chi connectivity index (χ3v) is 22.2. The summed E-state index contributed by atoms with van der Waals surface area (Å²) in [5.41, 5.74) is 3.46. The Balaban J connectivity index is 1.93. The molecule has 1 aliphatic rings. The third-order valence-electron chi connectivity index (χ3n) is 10.1. The van der Waals surface area contributed by atoms with Crippen molar-refractivity contribution in [1.82, 2.24) is 0 Å². The smallest absolute Gasteiger partial charge is 0.314 e. The van der Waals surface area contributed by atoms with Crippen LogP contribution in [-0.4, -0.2) is 54.4 Å². The molecule has 0 aliphatic heterocycles. The summed E-state index contributed by atoms with van der Waals surface area (Å²) in [5, 5.41) is 17.9. The maximum atomic E-state index is 13.0. The van der Waals surface area contributed by atoms with Gasteiger partial charge in [0.25, 0.3) is 0 Å². The SMILES string of the molecule is C[Si](C)(CCCCCCCCCCCO)O[Si](C)(CCc1cccc2c1C(=O)CCC2)O[Si](C)(C)CCCCCCCCCCCO. The highest BCUT2D eigenvalue weighted by Gasteiger charge is 2.43. The Bertz CT molecular complexity index is 945. The maximum Gasteiger partial charge on any atom is 0.314 e. The quantitative estimate of drug-likeness (QED) is 0.0640. The van der Waals surface area contributed by atoms with E-state index < -0.39 is 25.2 Å². The van der Waals surface area contributed by atoms with Gasteiger partial charge in [-0.1, -0.05) is 121 Å². The Hall–Kier alpha value is -0.619. The average Bonchev–Trinajstić information content (AvgIpc) is 3.01. The van der Waals surface area contributed by atoms with Crippen LogP contribution in [0, 0.1) is 0 Å². The predicted octanol–water partition coefficient (Wildman–Crippen LogP) is 11.3. The van der Waals surface area contributed by atoms with E-state index in [1.54, 1.807) is 0 Å². The Labute approximate surface area is 293 Å². The van der Waals surface area contributed by atoms with E-state index in [2.05, 4.69) is 50.9 Å². The summed E-state index contributed by atoms with van der Waals surface area (Å²) in [6.45, 7) is 12.7. The lowest BCUT2D eigenvalue weighted by molar-refractivity contribution is 0.0971. The van der Waals surface area contributed by atoms with Crippen molar-refractivity contribution in [2.24, 2.45) is 0 Å². The fourth-order valence-corrected chi connectivity index (χ4v) is 22.0. The summed E-state index contributed by atoms with van der Waals surface area (Å²) in [6, 6.07) is 9.79. The van der Waals surface area contributed by atoms with Gasteiger partial charge in [0, 0.05) is 25.2 Å². The number of aliphatic hydroxyl groups excluding tert-OH is 2. The molecule has 0 spiro atoms. The lowest BCUT2D eigenvalue weighted by Gasteiger charge is -2.41. The molecular weight excluding hydrogens is 633 g/mol. The van der Waals surface area contributed by atoms with Crippen molar-refractivity contribution in [2.75, 3.05) is 13.2 Å². The summed E-state index contributed by atoms with van der Waals surface area (Å²) < 4.78 is 14.6. The minimum absolute atomic E-state index is 0.326. The molecule has 47 heavy (non-hydrogen) atoms. The van der Waals surface area contributed by atoms with Crippen molar-refractivity contribution >= 4 is 31.0 Å². The zero-order chi connectivity index (χ0) is 34.4. The number of hydrogen-bond donors (Lipinski definition) is 2. The van der Waals surface area contributed by atoms with Gasteiger partial charge in [-0.05, 0) is 94.1 Å². The number of unbranched alkanes of at least 4 members (excludes halogenated alkanes) is 16. The second-order valence-corrected chi connectivity index (χ2v) is 28.3. The maximum absolute atomic E-state index is 13.0. The van der Waals surface area contributed by atoms with Crippen LogP contribution in [0.25, 0.3) is 0 Å².